The molecule has 0 N–H and O–H groups in total. The van der Waals surface area contributed by atoms with Crippen LogP contribution in [-0.2, 0) is 9.47 Å². The highest BCUT2D eigenvalue weighted by Gasteiger charge is 2.42. The highest BCUT2D eigenvalue weighted by atomic mass is 16.7. The summed E-state index contributed by atoms with van der Waals surface area (Å²) in [6, 6.07) is 0. The zero-order valence-electron chi connectivity index (χ0n) is 8.78. The van der Waals surface area contributed by atoms with Crippen molar-refractivity contribution in [2.75, 3.05) is 6.61 Å². The zero-order valence-corrected chi connectivity index (χ0v) is 8.78. The first-order valence-electron chi connectivity index (χ1n) is 6.20. The van der Waals surface area contributed by atoms with E-state index in [-0.39, 0.29) is 6.29 Å². The van der Waals surface area contributed by atoms with Crippen LogP contribution < -0.4 is 0 Å². The smallest absolute Gasteiger partial charge is 0.160 e. The molecule has 1 unspecified atom stereocenters. The highest BCUT2D eigenvalue weighted by molar-refractivity contribution is 4.86. The lowest BCUT2D eigenvalue weighted by molar-refractivity contribution is -0.130. The average molecular weight is 196 g/mol. The van der Waals surface area contributed by atoms with Gasteiger partial charge in [0, 0.05) is 5.92 Å². The van der Waals surface area contributed by atoms with Gasteiger partial charge in [0.25, 0.3) is 0 Å². The fourth-order valence-corrected chi connectivity index (χ4v) is 3.32. The summed E-state index contributed by atoms with van der Waals surface area (Å²) in [4.78, 5) is 0. The Kier molecular flexibility index (Phi) is 2.50. The molecule has 3 fully saturated rings. The van der Waals surface area contributed by atoms with E-state index in [2.05, 4.69) is 0 Å². The molecule has 2 heteroatoms. The summed E-state index contributed by atoms with van der Waals surface area (Å²) in [5.41, 5.74) is 0. The van der Waals surface area contributed by atoms with Crippen LogP contribution in [0.15, 0.2) is 0 Å². The van der Waals surface area contributed by atoms with Gasteiger partial charge in [-0.1, -0.05) is 19.3 Å². The molecule has 0 bridgehead atoms. The Morgan fingerprint density at radius 1 is 0.857 bits per heavy atom. The average Bonchev–Trinajstić information content (AvgIpc) is 2.78. The van der Waals surface area contributed by atoms with Crippen LogP contribution >= 0.6 is 0 Å². The molecule has 2 heterocycles. The molecule has 80 valence electrons. The molecule has 3 rings (SSSR count). The number of ether oxygens (including phenoxy) is 2. The van der Waals surface area contributed by atoms with Crippen molar-refractivity contribution >= 4 is 0 Å². The Balaban J connectivity index is 1.59. The van der Waals surface area contributed by atoms with Gasteiger partial charge in [-0.25, -0.2) is 0 Å². The third-order valence-corrected chi connectivity index (χ3v) is 4.18. The van der Waals surface area contributed by atoms with E-state index in [4.69, 9.17) is 9.47 Å². The molecule has 14 heavy (non-hydrogen) atoms. The van der Waals surface area contributed by atoms with Crippen LogP contribution in [0.4, 0.5) is 0 Å². The normalized spacial score (nSPS) is 44.1. The Bertz CT molecular complexity index is 186. The molecule has 0 aromatic carbocycles. The van der Waals surface area contributed by atoms with Crippen molar-refractivity contribution in [1.29, 1.82) is 0 Å². The summed E-state index contributed by atoms with van der Waals surface area (Å²) in [6.07, 6.45) is 10.3. The van der Waals surface area contributed by atoms with E-state index in [9.17, 15) is 0 Å². The molecule has 1 saturated carbocycles. The quantitative estimate of drug-likeness (QED) is 0.642. The lowest BCUT2D eigenvalue weighted by atomic mass is 9.83. The van der Waals surface area contributed by atoms with E-state index in [1.807, 2.05) is 0 Å². The Morgan fingerprint density at radius 2 is 1.71 bits per heavy atom. The Morgan fingerprint density at radius 3 is 2.50 bits per heavy atom. The molecule has 0 amide bonds. The second kappa shape index (κ2) is 3.82. The fraction of sp³-hybridized carbons (Fsp3) is 1.00. The van der Waals surface area contributed by atoms with Gasteiger partial charge in [0.05, 0.1) is 12.7 Å². The Hall–Kier alpha value is -0.0800. The van der Waals surface area contributed by atoms with Crippen molar-refractivity contribution in [2.24, 2.45) is 11.8 Å². The molecule has 0 spiro atoms. The first-order valence-corrected chi connectivity index (χ1v) is 6.20. The van der Waals surface area contributed by atoms with E-state index >= 15 is 0 Å². The van der Waals surface area contributed by atoms with E-state index in [0.29, 0.717) is 6.10 Å². The first-order chi connectivity index (χ1) is 6.93. The maximum Gasteiger partial charge on any atom is 0.160 e. The van der Waals surface area contributed by atoms with Gasteiger partial charge in [-0.15, -0.1) is 0 Å². The minimum atomic E-state index is 0.168. The zero-order chi connectivity index (χ0) is 9.38. The van der Waals surface area contributed by atoms with Gasteiger partial charge < -0.3 is 9.47 Å². The summed E-state index contributed by atoms with van der Waals surface area (Å²) >= 11 is 0. The molecule has 0 aromatic heterocycles. The van der Waals surface area contributed by atoms with Crippen molar-refractivity contribution in [3.8, 4) is 0 Å². The standard InChI is InChI=1S/C12H20O2/c1-2-4-9(5-3-1)11-8-10-6-7-13-12(10)14-11/h9-12H,1-8H2/t10-,11?,12+/m1/s1. The molecular formula is C12H20O2. The van der Waals surface area contributed by atoms with E-state index in [0.717, 1.165) is 18.4 Å². The van der Waals surface area contributed by atoms with E-state index in [1.165, 1.54) is 44.9 Å². The predicted octanol–water partition coefficient (Wildman–Crippen LogP) is 2.72. The summed E-state index contributed by atoms with van der Waals surface area (Å²) in [5.74, 6) is 1.57. The van der Waals surface area contributed by atoms with Crippen LogP contribution in [0.5, 0.6) is 0 Å². The third kappa shape index (κ3) is 1.59. The van der Waals surface area contributed by atoms with E-state index in [1.54, 1.807) is 0 Å². The summed E-state index contributed by atoms with van der Waals surface area (Å²) < 4.78 is 11.6. The predicted molar refractivity (Wildman–Crippen MR) is 53.9 cm³/mol. The van der Waals surface area contributed by atoms with Gasteiger partial charge in [-0.2, -0.15) is 0 Å². The van der Waals surface area contributed by atoms with Crippen LogP contribution in [-0.4, -0.2) is 19.0 Å². The Labute approximate surface area is 86.0 Å². The van der Waals surface area contributed by atoms with Crippen LogP contribution in [0.25, 0.3) is 0 Å². The van der Waals surface area contributed by atoms with Crippen LogP contribution in [0.3, 0.4) is 0 Å². The largest absolute Gasteiger partial charge is 0.352 e. The maximum atomic E-state index is 6.00. The van der Waals surface area contributed by atoms with Crippen molar-refractivity contribution in [1.82, 2.24) is 0 Å². The molecule has 0 aromatic rings. The summed E-state index contributed by atoms with van der Waals surface area (Å²) in [6.45, 7) is 0.923. The summed E-state index contributed by atoms with van der Waals surface area (Å²) in [5, 5.41) is 0. The van der Waals surface area contributed by atoms with Gasteiger partial charge in [-0.3, -0.25) is 0 Å². The van der Waals surface area contributed by atoms with Crippen molar-refractivity contribution in [3.63, 3.8) is 0 Å². The highest BCUT2D eigenvalue weighted by Crippen LogP contribution is 2.41. The van der Waals surface area contributed by atoms with Gasteiger partial charge >= 0.3 is 0 Å². The van der Waals surface area contributed by atoms with Gasteiger partial charge in [0.1, 0.15) is 0 Å². The minimum Gasteiger partial charge on any atom is -0.352 e. The van der Waals surface area contributed by atoms with Crippen molar-refractivity contribution < 1.29 is 9.47 Å². The molecule has 2 nitrogen and oxygen atoms in total. The van der Waals surface area contributed by atoms with Crippen LogP contribution in [0.2, 0.25) is 0 Å². The van der Waals surface area contributed by atoms with Gasteiger partial charge in [0.15, 0.2) is 6.29 Å². The fourth-order valence-electron chi connectivity index (χ4n) is 3.32. The molecule has 0 radical (unpaired) electrons. The van der Waals surface area contributed by atoms with Crippen LogP contribution in [0.1, 0.15) is 44.9 Å². The minimum absolute atomic E-state index is 0.168. The van der Waals surface area contributed by atoms with Gasteiger partial charge in [0.2, 0.25) is 0 Å². The lowest BCUT2D eigenvalue weighted by Gasteiger charge is -2.27. The molecule has 3 atom stereocenters. The monoisotopic (exact) mass is 196 g/mol. The number of rotatable bonds is 1. The number of hydrogen-bond donors (Lipinski definition) is 0. The first kappa shape index (κ1) is 9.17. The van der Waals surface area contributed by atoms with Crippen molar-refractivity contribution in [3.05, 3.63) is 0 Å². The molecule has 1 aliphatic carbocycles. The topological polar surface area (TPSA) is 18.5 Å². The lowest BCUT2D eigenvalue weighted by Crippen LogP contribution is -2.24. The molecule has 2 saturated heterocycles. The second-order valence-electron chi connectivity index (χ2n) is 5.10. The number of fused-ring (bicyclic) bond motifs is 1. The van der Waals surface area contributed by atoms with E-state index < -0.39 is 0 Å². The summed E-state index contributed by atoms with van der Waals surface area (Å²) in [7, 11) is 0. The van der Waals surface area contributed by atoms with Gasteiger partial charge in [-0.05, 0) is 31.6 Å². The molecule has 3 aliphatic rings. The third-order valence-electron chi connectivity index (χ3n) is 4.18. The van der Waals surface area contributed by atoms with Crippen LogP contribution in [0, 0.1) is 11.8 Å². The number of hydrogen-bond acceptors (Lipinski definition) is 2. The SMILES string of the molecule is C1CCC(C2C[C@H]3CCO[C@H]3O2)CC1. The maximum absolute atomic E-state index is 6.00. The molecular weight excluding hydrogens is 176 g/mol. The van der Waals surface area contributed by atoms with Crippen molar-refractivity contribution in [2.45, 2.75) is 57.3 Å². The second-order valence-corrected chi connectivity index (χ2v) is 5.10. The molecule has 2 aliphatic heterocycles.